The molecule has 0 aliphatic carbocycles. The van der Waals surface area contributed by atoms with Crippen LogP contribution >= 0.6 is 0 Å². The van der Waals surface area contributed by atoms with E-state index in [4.69, 9.17) is 4.74 Å². The van der Waals surface area contributed by atoms with Gasteiger partial charge in [0.2, 0.25) is 0 Å². The Labute approximate surface area is 112 Å². The standard InChI is InChI=1S/C15H30N2O/c1-3-14-5-6-15(17(4-2)13-14)7-8-16-9-11-18-12-10-16/h14-15H,3-13H2,1-2H3/t14-,15-/m0/s1. The Morgan fingerprint density at radius 1 is 1.11 bits per heavy atom. The predicted molar refractivity (Wildman–Crippen MR) is 75.9 cm³/mol. The van der Waals surface area contributed by atoms with Crippen LogP contribution in [-0.4, -0.2) is 61.8 Å². The molecule has 106 valence electrons. The lowest BCUT2D eigenvalue weighted by Crippen LogP contribution is -2.45. The highest BCUT2D eigenvalue weighted by molar-refractivity contribution is 4.81. The minimum atomic E-state index is 0.834. The number of hydrogen-bond acceptors (Lipinski definition) is 3. The average Bonchev–Trinajstić information content (AvgIpc) is 2.46. The monoisotopic (exact) mass is 254 g/mol. The summed E-state index contributed by atoms with van der Waals surface area (Å²) in [6.07, 6.45) is 5.56. The predicted octanol–water partition coefficient (Wildman–Crippen LogP) is 2.22. The van der Waals surface area contributed by atoms with Gasteiger partial charge in [-0.1, -0.05) is 20.3 Å². The van der Waals surface area contributed by atoms with E-state index in [0.717, 1.165) is 38.3 Å². The van der Waals surface area contributed by atoms with Crippen molar-refractivity contribution >= 4 is 0 Å². The van der Waals surface area contributed by atoms with E-state index in [0.29, 0.717) is 0 Å². The Hall–Kier alpha value is -0.120. The summed E-state index contributed by atoms with van der Waals surface area (Å²) < 4.78 is 5.41. The molecule has 2 rings (SSSR count). The highest BCUT2D eigenvalue weighted by atomic mass is 16.5. The lowest BCUT2D eigenvalue weighted by molar-refractivity contribution is 0.0286. The summed E-state index contributed by atoms with van der Waals surface area (Å²) in [5, 5.41) is 0. The van der Waals surface area contributed by atoms with Gasteiger partial charge >= 0.3 is 0 Å². The molecule has 0 aromatic rings. The zero-order valence-electron chi connectivity index (χ0n) is 12.2. The summed E-state index contributed by atoms with van der Waals surface area (Å²) in [5.74, 6) is 0.949. The molecule has 0 unspecified atom stereocenters. The number of ether oxygens (including phenoxy) is 1. The van der Waals surface area contributed by atoms with Crippen LogP contribution in [-0.2, 0) is 4.74 Å². The smallest absolute Gasteiger partial charge is 0.0594 e. The maximum absolute atomic E-state index is 5.41. The van der Waals surface area contributed by atoms with Crippen LogP contribution < -0.4 is 0 Å². The maximum atomic E-state index is 5.41. The molecule has 0 amide bonds. The highest BCUT2D eigenvalue weighted by Crippen LogP contribution is 2.25. The van der Waals surface area contributed by atoms with Crippen LogP contribution in [0.25, 0.3) is 0 Å². The molecule has 2 atom stereocenters. The summed E-state index contributed by atoms with van der Waals surface area (Å²) >= 11 is 0. The fraction of sp³-hybridized carbons (Fsp3) is 1.00. The van der Waals surface area contributed by atoms with E-state index in [-0.39, 0.29) is 0 Å². The first-order valence-corrected chi connectivity index (χ1v) is 7.87. The average molecular weight is 254 g/mol. The Morgan fingerprint density at radius 3 is 2.56 bits per heavy atom. The van der Waals surface area contributed by atoms with Crippen LogP contribution in [0.2, 0.25) is 0 Å². The molecule has 0 bridgehead atoms. The van der Waals surface area contributed by atoms with Gasteiger partial charge in [0.1, 0.15) is 0 Å². The lowest BCUT2D eigenvalue weighted by atomic mass is 9.89. The maximum Gasteiger partial charge on any atom is 0.0594 e. The van der Waals surface area contributed by atoms with Crippen molar-refractivity contribution in [2.24, 2.45) is 5.92 Å². The summed E-state index contributed by atoms with van der Waals surface area (Å²) in [6.45, 7) is 12.6. The largest absolute Gasteiger partial charge is 0.379 e. The van der Waals surface area contributed by atoms with Crippen molar-refractivity contribution in [1.82, 2.24) is 9.80 Å². The number of rotatable bonds is 5. The first kappa shape index (κ1) is 14.3. The summed E-state index contributed by atoms with van der Waals surface area (Å²) in [4.78, 5) is 5.29. The minimum absolute atomic E-state index is 0.834. The number of likely N-dealkylation sites (tertiary alicyclic amines) is 1. The highest BCUT2D eigenvalue weighted by Gasteiger charge is 2.26. The third kappa shape index (κ3) is 3.94. The normalized spacial score (nSPS) is 31.7. The van der Waals surface area contributed by atoms with E-state index in [1.165, 1.54) is 45.3 Å². The van der Waals surface area contributed by atoms with Crippen LogP contribution in [0.4, 0.5) is 0 Å². The van der Waals surface area contributed by atoms with Gasteiger partial charge in [-0.15, -0.1) is 0 Å². The fourth-order valence-corrected chi connectivity index (χ4v) is 3.39. The van der Waals surface area contributed by atoms with Crippen molar-refractivity contribution in [1.29, 1.82) is 0 Å². The molecule has 0 saturated carbocycles. The molecule has 3 heteroatoms. The van der Waals surface area contributed by atoms with Gasteiger partial charge in [0.05, 0.1) is 13.2 Å². The van der Waals surface area contributed by atoms with E-state index in [1.807, 2.05) is 0 Å². The SMILES string of the molecule is CC[C@H]1CC[C@@H](CCN2CCOCC2)N(CC)C1. The molecule has 0 aromatic heterocycles. The van der Waals surface area contributed by atoms with Crippen LogP contribution in [0.1, 0.15) is 39.5 Å². The van der Waals surface area contributed by atoms with Crippen molar-refractivity contribution in [2.45, 2.75) is 45.6 Å². The fourth-order valence-electron chi connectivity index (χ4n) is 3.39. The molecule has 0 aromatic carbocycles. The second-order valence-electron chi connectivity index (χ2n) is 5.84. The van der Waals surface area contributed by atoms with E-state index >= 15 is 0 Å². The van der Waals surface area contributed by atoms with E-state index < -0.39 is 0 Å². The molecule has 0 spiro atoms. The van der Waals surface area contributed by atoms with Crippen molar-refractivity contribution in [3.8, 4) is 0 Å². The van der Waals surface area contributed by atoms with E-state index in [1.54, 1.807) is 0 Å². The van der Waals surface area contributed by atoms with Gasteiger partial charge in [0, 0.05) is 25.7 Å². The van der Waals surface area contributed by atoms with E-state index in [9.17, 15) is 0 Å². The molecule has 2 aliphatic rings. The first-order valence-electron chi connectivity index (χ1n) is 7.87. The van der Waals surface area contributed by atoms with Crippen LogP contribution in [0, 0.1) is 5.92 Å². The molecule has 2 aliphatic heterocycles. The van der Waals surface area contributed by atoms with E-state index in [2.05, 4.69) is 23.6 Å². The van der Waals surface area contributed by atoms with Gasteiger partial charge in [0.15, 0.2) is 0 Å². The minimum Gasteiger partial charge on any atom is -0.379 e. The molecule has 2 fully saturated rings. The van der Waals surface area contributed by atoms with Gasteiger partial charge in [-0.3, -0.25) is 4.90 Å². The van der Waals surface area contributed by atoms with Gasteiger partial charge in [0.25, 0.3) is 0 Å². The van der Waals surface area contributed by atoms with Crippen molar-refractivity contribution in [3.63, 3.8) is 0 Å². The zero-order valence-corrected chi connectivity index (χ0v) is 12.2. The molecular formula is C15H30N2O. The summed E-state index contributed by atoms with van der Waals surface area (Å²) in [6, 6.07) is 0.834. The molecule has 3 nitrogen and oxygen atoms in total. The van der Waals surface area contributed by atoms with Crippen molar-refractivity contribution in [3.05, 3.63) is 0 Å². The zero-order chi connectivity index (χ0) is 12.8. The molecule has 0 N–H and O–H groups in total. The van der Waals surface area contributed by atoms with Crippen molar-refractivity contribution < 1.29 is 4.74 Å². The number of nitrogens with zero attached hydrogens (tertiary/aromatic N) is 2. The second-order valence-corrected chi connectivity index (χ2v) is 5.84. The molecule has 2 heterocycles. The van der Waals surface area contributed by atoms with Crippen LogP contribution in [0.5, 0.6) is 0 Å². The van der Waals surface area contributed by atoms with Gasteiger partial charge in [-0.25, -0.2) is 0 Å². The van der Waals surface area contributed by atoms with Gasteiger partial charge < -0.3 is 9.64 Å². The Morgan fingerprint density at radius 2 is 1.89 bits per heavy atom. The number of hydrogen-bond donors (Lipinski definition) is 0. The Kier molecular flexibility index (Phi) is 5.93. The second kappa shape index (κ2) is 7.46. The quantitative estimate of drug-likeness (QED) is 0.748. The molecule has 2 saturated heterocycles. The van der Waals surface area contributed by atoms with Crippen LogP contribution in [0.3, 0.4) is 0 Å². The van der Waals surface area contributed by atoms with Gasteiger partial charge in [-0.05, 0) is 38.3 Å². The number of piperidine rings is 1. The third-order valence-electron chi connectivity index (χ3n) is 4.78. The lowest BCUT2D eigenvalue weighted by Gasteiger charge is -2.40. The Bertz CT molecular complexity index is 229. The topological polar surface area (TPSA) is 15.7 Å². The molecular weight excluding hydrogens is 224 g/mol. The summed E-state index contributed by atoms with van der Waals surface area (Å²) in [5.41, 5.74) is 0. The van der Waals surface area contributed by atoms with Crippen molar-refractivity contribution in [2.75, 3.05) is 45.9 Å². The number of morpholine rings is 1. The molecule has 0 radical (unpaired) electrons. The Balaban J connectivity index is 1.73. The first-order chi connectivity index (χ1) is 8.83. The van der Waals surface area contributed by atoms with Crippen LogP contribution in [0.15, 0.2) is 0 Å². The van der Waals surface area contributed by atoms with Gasteiger partial charge in [-0.2, -0.15) is 0 Å². The summed E-state index contributed by atoms with van der Waals surface area (Å²) in [7, 11) is 0. The molecule has 18 heavy (non-hydrogen) atoms. The third-order valence-corrected chi connectivity index (χ3v) is 4.78.